The number of rotatable bonds is 13. The monoisotopic (exact) mass is 660 g/mol. The molecule has 3 aromatic rings. The lowest BCUT2D eigenvalue weighted by Gasteiger charge is -2.29. The van der Waals surface area contributed by atoms with Gasteiger partial charge in [0.2, 0.25) is 11.8 Å². The van der Waals surface area contributed by atoms with Gasteiger partial charge in [0.1, 0.15) is 29.0 Å². The Balaban J connectivity index is 1.56. The van der Waals surface area contributed by atoms with E-state index in [1.807, 2.05) is 77.1 Å². The number of imidazole rings is 1. The van der Waals surface area contributed by atoms with Gasteiger partial charge >= 0.3 is 6.09 Å². The summed E-state index contributed by atoms with van der Waals surface area (Å²) in [6.45, 7) is 11.6. The third kappa shape index (κ3) is 9.90. The minimum absolute atomic E-state index is 0.0251. The van der Waals surface area contributed by atoms with Crippen LogP contribution in [0.15, 0.2) is 66.9 Å². The highest BCUT2D eigenvalue weighted by Crippen LogP contribution is 2.27. The molecule has 0 bridgehead atoms. The summed E-state index contributed by atoms with van der Waals surface area (Å²) < 4.78 is 13.0. The standard InChI is InChI=1S/C36H48N6O6/c1-7-29-38-28(22-42(29)30(26-18-12-9-13-19-26)32(44)41-20-14-15-21-41)39-31(43)27(24-47-23-25-16-10-8-11-17-25)37-33(45)36(5,6)40-34(46)48-35(2,3)4/h8-13,16-19,22,27,30H,7,14-15,20-21,23-24H2,1-6H3,(H,37,45)(H,39,43)(H,40,46). The molecular formula is C36H48N6O6. The van der Waals surface area contributed by atoms with Crippen molar-refractivity contribution in [2.75, 3.05) is 25.0 Å². The van der Waals surface area contributed by atoms with Crippen LogP contribution in [0.4, 0.5) is 10.6 Å². The number of hydrogen-bond donors (Lipinski definition) is 3. The number of carbonyl (C=O) groups excluding carboxylic acids is 4. The van der Waals surface area contributed by atoms with Crippen molar-refractivity contribution in [1.82, 2.24) is 25.1 Å². The first-order chi connectivity index (χ1) is 22.8. The molecule has 258 valence electrons. The Morgan fingerprint density at radius 2 is 1.54 bits per heavy atom. The zero-order chi connectivity index (χ0) is 34.9. The summed E-state index contributed by atoms with van der Waals surface area (Å²) in [5.74, 6) is -0.352. The predicted molar refractivity (Wildman–Crippen MR) is 182 cm³/mol. The molecule has 4 rings (SSSR count). The third-order valence-corrected chi connectivity index (χ3v) is 7.82. The van der Waals surface area contributed by atoms with Gasteiger partial charge < -0.3 is 34.9 Å². The smallest absolute Gasteiger partial charge is 0.408 e. The van der Waals surface area contributed by atoms with Gasteiger partial charge in [0.25, 0.3) is 5.91 Å². The highest BCUT2D eigenvalue weighted by atomic mass is 16.6. The molecule has 1 aromatic heterocycles. The van der Waals surface area contributed by atoms with Crippen LogP contribution in [0.3, 0.4) is 0 Å². The molecule has 2 heterocycles. The molecule has 0 spiro atoms. The normalized spacial score (nSPS) is 14.6. The summed E-state index contributed by atoms with van der Waals surface area (Å²) in [6.07, 6.45) is 3.33. The second-order valence-corrected chi connectivity index (χ2v) is 13.4. The second-order valence-electron chi connectivity index (χ2n) is 13.4. The number of benzene rings is 2. The number of amides is 4. The van der Waals surface area contributed by atoms with Crippen molar-refractivity contribution < 1.29 is 28.7 Å². The number of nitrogens with one attached hydrogen (secondary N) is 3. The maximum absolute atomic E-state index is 13.8. The maximum atomic E-state index is 13.8. The molecule has 0 aliphatic carbocycles. The summed E-state index contributed by atoms with van der Waals surface area (Å²) in [4.78, 5) is 60.1. The van der Waals surface area contributed by atoms with Crippen molar-refractivity contribution in [3.05, 3.63) is 83.8 Å². The van der Waals surface area contributed by atoms with E-state index in [0.717, 1.165) is 24.0 Å². The van der Waals surface area contributed by atoms with E-state index in [-0.39, 0.29) is 24.9 Å². The van der Waals surface area contributed by atoms with Crippen LogP contribution in [0, 0.1) is 0 Å². The number of aryl methyl sites for hydroxylation is 1. The van der Waals surface area contributed by atoms with Gasteiger partial charge in [-0.3, -0.25) is 14.4 Å². The highest BCUT2D eigenvalue weighted by molar-refractivity contribution is 5.98. The minimum Gasteiger partial charge on any atom is -0.444 e. The Morgan fingerprint density at radius 1 is 0.917 bits per heavy atom. The lowest BCUT2D eigenvalue weighted by molar-refractivity contribution is -0.132. The average Bonchev–Trinajstić information content (AvgIpc) is 3.71. The van der Waals surface area contributed by atoms with Crippen LogP contribution in [-0.2, 0) is 36.9 Å². The summed E-state index contributed by atoms with van der Waals surface area (Å²) in [5, 5.41) is 8.13. The maximum Gasteiger partial charge on any atom is 0.408 e. The topological polar surface area (TPSA) is 144 Å². The molecule has 3 N–H and O–H groups in total. The zero-order valence-corrected chi connectivity index (χ0v) is 28.7. The van der Waals surface area contributed by atoms with Gasteiger partial charge in [0.05, 0.1) is 13.2 Å². The second kappa shape index (κ2) is 15.9. The van der Waals surface area contributed by atoms with Crippen molar-refractivity contribution in [2.24, 2.45) is 0 Å². The fourth-order valence-corrected chi connectivity index (χ4v) is 5.36. The van der Waals surface area contributed by atoms with E-state index in [9.17, 15) is 19.2 Å². The average molecular weight is 661 g/mol. The van der Waals surface area contributed by atoms with Crippen LogP contribution in [0.25, 0.3) is 0 Å². The molecule has 1 fully saturated rings. The van der Waals surface area contributed by atoms with E-state index in [1.165, 1.54) is 13.8 Å². The largest absolute Gasteiger partial charge is 0.444 e. The van der Waals surface area contributed by atoms with Crippen molar-refractivity contribution in [1.29, 1.82) is 0 Å². The molecule has 2 atom stereocenters. The first-order valence-electron chi connectivity index (χ1n) is 16.4. The summed E-state index contributed by atoms with van der Waals surface area (Å²) in [5.41, 5.74) is -0.464. The SMILES string of the molecule is CCc1nc(NC(=O)C(COCc2ccccc2)NC(=O)C(C)(C)NC(=O)OC(C)(C)C)cn1C(C(=O)N1CCCC1)c1ccccc1. The van der Waals surface area contributed by atoms with Gasteiger partial charge in [-0.1, -0.05) is 67.6 Å². The number of likely N-dealkylation sites (tertiary alicyclic amines) is 1. The number of alkyl carbamates (subject to hydrolysis) is 1. The zero-order valence-electron chi connectivity index (χ0n) is 28.7. The molecule has 2 aromatic carbocycles. The Kier molecular flexibility index (Phi) is 12.0. The van der Waals surface area contributed by atoms with Crippen LogP contribution < -0.4 is 16.0 Å². The first kappa shape index (κ1) is 36.1. The Labute approximate surface area is 282 Å². The molecule has 1 aliphatic heterocycles. The Morgan fingerprint density at radius 3 is 2.15 bits per heavy atom. The molecule has 12 nitrogen and oxygen atoms in total. The van der Waals surface area contributed by atoms with Gasteiger partial charge in [0.15, 0.2) is 5.82 Å². The predicted octanol–water partition coefficient (Wildman–Crippen LogP) is 4.60. The van der Waals surface area contributed by atoms with Gasteiger partial charge in [-0.15, -0.1) is 0 Å². The molecule has 12 heteroatoms. The van der Waals surface area contributed by atoms with Gasteiger partial charge in [-0.2, -0.15) is 0 Å². The molecule has 1 saturated heterocycles. The number of ether oxygens (including phenoxy) is 2. The fraction of sp³-hybridized carbons (Fsp3) is 0.472. The van der Waals surface area contributed by atoms with Gasteiger partial charge in [-0.25, -0.2) is 9.78 Å². The van der Waals surface area contributed by atoms with Crippen LogP contribution in [-0.4, -0.2) is 75.1 Å². The number of anilines is 1. The number of hydrogen-bond acceptors (Lipinski definition) is 7. The summed E-state index contributed by atoms with van der Waals surface area (Å²) in [6, 6.07) is 17.2. The van der Waals surface area contributed by atoms with Crippen molar-refractivity contribution in [3.63, 3.8) is 0 Å². The van der Waals surface area contributed by atoms with Gasteiger partial charge in [-0.05, 0) is 58.6 Å². The van der Waals surface area contributed by atoms with Crippen LogP contribution in [0.5, 0.6) is 0 Å². The lowest BCUT2D eigenvalue weighted by Crippen LogP contribution is -2.59. The van der Waals surface area contributed by atoms with Crippen LogP contribution in [0.2, 0.25) is 0 Å². The molecule has 4 amide bonds. The van der Waals surface area contributed by atoms with E-state index in [1.54, 1.807) is 27.0 Å². The number of aromatic nitrogens is 2. The fourth-order valence-electron chi connectivity index (χ4n) is 5.36. The van der Waals surface area contributed by atoms with Crippen molar-refractivity contribution >= 4 is 29.6 Å². The quantitative estimate of drug-likeness (QED) is 0.243. The lowest BCUT2D eigenvalue weighted by atomic mass is 10.0. The number of carbonyl (C=O) groups is 4. The molecule has 2 unspecified atom stereocenters. The third-order valence-electron chi connectivity index (χ3n) is 7.82. The van der Waals surface area contributed by atoms with Crippen molar-refractivity contribution in [2.45, 2.75) is 90.6 Å². The molecule has 48 heavy (non-hydrogen) atoms. The molecular weight excluding hydrogens is 612 g/mol. The molecule has 0 saturated carbocycles. The van der Waals surface area contributed by atoms with Crippen LogP contribution >= 0.6 is 0 Å². The van der Waals surface area contributed by atoms with Gasteiger partial charge in [0, 0.05) is 25.7 Å². The summed E-state index contributed by atoms with van der Waals surface area (Å²) in [7, 11) is 0. The minimum atomic E-state index is -1.42. The summed E-state index contributed by atoms with van der Waals surface area (Å²) >= 11 is 0. The Hall–Kier alpha value is -4.71. The van der Waals surface area contributed by atoms with E-state index >= 15 is 0 Å². The van der Waals surface area contributed by atoms with E-state index in [4.69, 9.17) is 9.47 Å². The van der Waals surface area contributed by atoms with Crippen molar-refractivity contribution in [3.8, 4) is 0 Å². The van der Waals surface area contributed by atoms with Crippen LogP contribution in [0.1, 0.15) is 77.4 Å². The first-order valence-corrected chi connectivity index (χ1v) is 16.4. The number of nitrogens with zero attached hydrogens (tertiary/aromatic N) is 3. The molecule has 0 radical (unpaired) electrons. The van der Waals surface area contributed by atoms with E-state index < -0.39 is 41.1 Å². The highest BCUT2D eigenvalue weighted by Gasteiger charge is 2.35. The van der Waals surface area contributed by atoms with E-state index in [2.05, 4.69) is 20.9 Å². The molecule has 1 aliphatic rings. The van der Waals surface area contributed by atoms with E-state index in [0.29, 0.717) is 25.3 Å². The Bertz CT molecular complexity index is 1540.